The Morgan fingerprint density at radius 3 is 1.78 bits per heavy atom. The summed E-state index contributed by atoms with van der Waals surface area (Å²) in [5.74, 6) is -6.52. The molecule has 3 aromatic rings. The molecule has 1 aromatic heterocycles. The largest absolute Gasteiger partial charge is 0.480 e. The van der Waals surface area contributed by atoms with E-state index in [0.717, 1.165) is 10.9 Å². The second kappa shape index (κ2) is 26.9. The van der Waals surface area contributed by atoms with Crippen LogP contribution in [-0.4, -0.2) is 130 Å². The van der Waals surface area contributed by atoms with E-state index in [1.807, 2.05) is 18.2 Å². The van der Waals surface area contributed by atoms with E-state index >= 15 is 0 Å². The molecule has 22 nitrogen and oxygen atoms in total. The van der Waals surface area contributed by atoms with Gasteiger partial charge in [-0.3, -0.25) is 33.8 Å². The normalized spacial score (nSPS) is 14.2. The molecule has 0 aliphatic carbocycles. The zero-order valence-corrected chi connectivity index (χ0v) is 37.5. The Balaban J connectivity index is 1.96. The maximum atomic E-state index is 14.4. The van der Waals surface area contributed by atoms with Crippen LogP contribution in [0.5, 0.6) is 0 Å². The van der Waals surface area contributed by atoms with Crippen molar-refractivity contribution in [2.75, 3.05) is 24.6 Å². The van der Waals surface area contributed by atoms with Gasteiger partial charge in [0.05, 0.1) is 6.04 Å². The SMILES string of the molecule is C[C@@H](NC(=O)[C@@H](N)CS)C(=O)N[C@@H](CCCNC(N)=O)C(=O)N[C@H](Cc1ccccc1)C(=O)N[C@@H](CCCN=C(N)N)C(=O)N[C@@H](Cc1c[nH]c2ccccc12)C(=O)N[C@@H](CS)C(=O)O. The van der Waals surface area contributed by atoms with Crippen LogP contribution in [0, 0.1) is 0 Å². The average Bonchev–Trinajstić information content (AvgIpc) is 3.68. The minimum Gasteiger partial charge on any atom is -0.480 e. The number of rotatable bonds is 27. The van der Waals surface area contributed by atoms with Crippen molar-refractivity contribution in [3.8, 4) is 0 Å². The number of nitrogens with two attached hydrogens (primary N) is 4. The lowest BCUT2D eigenvalue weighted by atomic mass is 10.0. The Hall–Kier alpha value is -6.53. The molecule has 7 atom stereocenters. The number of carbonyl (C=O) groups is 8. The molecule has 1 heterocycles. The summed E-state index contributed by atoms with van der Waals surface area (Å²) in [7, 11) is 0. The van der Waals surface area contributed by atoms with Gasteiger partial charge in [-0.25, -0.2) is 9.59 Å². The highest BCUT2D eigenvalue weighted by Gasteiger charge is 2.33. The molecule has 354 valence electrons. The molecule has 65 heavy (non-hydrogen) atoms. The third kappa shape index (κ3) is 17.9. The number of aromatic amines is 1. The van der Waals surface area contributed by atoms with Gasteiger partial charge in [0.25, 0.3) is 0 Å². The third-order valence-corrected chi connectivity index (χ3v) is 10.7. The predicted octanol–water partition coefficient (Wildman–Crippen LogP) is -2.34. The summed E-state index contributed by atoms with van der Waals surface area (Å²) in [6.07, 6.45) is 1.66. The fourth-order valence-corrected chi connectivity index (χ4v) is 6.80. The summed E-state index contributed by atoms with van der Waals surface area (Å²) in [6.45, 7) is 1.47. The number of aromatic nitrogens is 1. The molecule has 0 radical (unpaired) electrons. The summed E-state index contributed by atoms with van der Waals surface area (Å²) in [5.41, 5.74) is 23.9. The van der Waals surface area contributed by atoms with Gasteiger partial charge >= 0.3 is 12.0 Å². The number of urea groups is 1. The van der Waals surface area contributed by atoms with Crippen LogP contribution in [-0.2, 0) is 46.4 Å². The lowest BCUT2D eigenvalue weighted by molar-refractivity contribution is -0.141. The summed E-state index contributed by atoms with van der Waals surface area (Å²) < 4.78 is 0. The number of carboxylic acids is 1. The van der Waals surface area contributed by atoms with Crippen molar-refractivity contribution in [3.05, 3.63) is 71.9 Å². The number of H-pyrrole nitrogens is 1. The summed E-state index contributed by atoms with van der Waals surface area (Å²) in [6, 6.07) is 6.09. The number of aliphatic carboxylic acids is 1. The fourth-order valence-electron chi connectivity index (χ4n) is 6.39. The number of carbonyl (C=O) groups excluding carboxylic acids is 7. The van der Waals surface area contributed by atoms with E-state index in [-0.39, 0.29) is 69.1 Å². The number of aliphatic imine (C=N–C) groups is 1. The molecule has 8 amide bonds. The number of amides is 8. The first-order valence-electron chi connectivity index (χ1n) is 20.6. The Bertz CT molecular complexity index is 2140. The second-order valence-corrected chi connectivity index (χ2v) is 15.7. The maximum Gasteiger partial charge on any atom is 0.327 e. The number of thiol groups is 2. The molecule has 17 N–H and O–H groups in total. The highest BCUT2D eigenvalue weighted by molar-refractivity contribution is 7.80. The number of guanidine groups is 1. The van der Waals surface area contributed by atoms with E-state index in [4.69, 9.17) is 22.9 Å². The highest BCUT2D eigenvalue weighted by atomic mass is 32.1. The first-order chi connectivity index (χ1) is 30.9. The van der Waals surface area contributed by atoms with E-state index in [1.165, 1.54) is 6.92 Å². The van der Waals surface area contributed by atoms with Crippen molar-refractivity contribution >= 4 is 89.6 Å². The lowest BCUT2D eigenvalue weighted by Gasteiger charge is -2.27. The summed E-state index contributed by atoms with van der Waals surface area (Å²) in [5, 5.41) is 28.3. The molecule has 0 fully saturated rings. The molecule has 2 aromatic carbocycles. The van der Waals surface area contributed by atoms with Gasteiger partial charge in [-0.2, -0.15) is 25.3 Å². The zero-order valence-electron chi connectivity index (χ0n) is 35.8. The molecule has 0 bridgehead atoms. The van der Waals surface area contributed by atoms with Gasteiger partial charge < -0.3 is 70.2 Å². The minimum absolute atomic E-state index is 0.00622. The fraction of sp³-hybridized carbons (Fsp3) is 0.439. The first kappa shape index (κ1) is 52.8. The molecule has 0 spiro atoms. The van der Waals surface area contributed by atoms with Crippen molar-refractivity contribution in [2.45, 2.75) is 87.7 Å². The minimum atomic E-state index is -1.39. The van der Waals surface area contributed by atoms with Crippen LogP contribution in [0.3, 0.4) is 0 Å². The number of para-hydroxylation sites is 1. The van der Waals surface area contributed by atoms with Crippen molar-refractivity contribution in [2.24, 2.45) is 27.9 Å². The molecule has 0 unspecified atom stereocenters. The van der Waals surface area contributed by atoms with Crippen LogP contribution in [0.25, 0.3) is 10.9 Å². The highest BCUT2D eigenvalue weighted by Crippen LogP contribution is 2.20. The Labute approximate surface area is 386 Å². The van der Waals surface area contributed by atoms with E-state index in [2.05, 4.69) is 72.5 Å². The van der Waals surface area contributed by atoms with Gasteiger partial charge in [-0.1, -0.05) is 48.5 Å². The van der Waals surface area contributed by atoms with E-state index < -0.39 is 89.7 Å². The number of hydrogen-bond donors (Lipinski definition) is 15. The van der Waals surface area contributed by atoms with E-state index in [0.29, 0.717) is 11.1 Å². The number of nitrogens with zero attached hydrogens (tertiary/aromatic N) is 1. The Morgan fingerprint density at radius 1 is 0.662 bits per heavy atom. The van der Waals surface area contributed by atoms with Crippen LogP contribution in [0.15, 0.2) is 65.8 Å². The predicted molar refractivity (Wildman–Crippen MR) is 249 cm³/mol. The maximum absolute atomic E-state index is 14.4. The van der Waals surface area contributed by atoms with Gasteiger partial charge in [-0.05, 0) is 49.8 Å². The third-order valence-electron chi connectivity index (χ3n) is 9.91. The quantitative estimate of drug-likeness (QED) is 0.0166. The number of primary amides is 1. The van der Waals surface area contributed by atoms with Crippen molar-refractivity contribution < 1.29 is 43.5 Å². The lowest BCUT2D eigenvalue weighted by Crippen LogP contribution is -2.60. The van der Waals surface area contributed by atoms with Crippen molar-refractivity contribution in [1.82, 2.24) is 42.2 Å². The Morgan fingerprint density at radius 2 is 1.20 bits per heavy atom. The van der Waals surface area contributed by atoms with Crippen LogP contribution >= 0.6 is 25.3 Å². The molecule has 0 saturated heterocycles. The zero-order chi connectivity index (χ0) is 48.1. The molecule has 0 aliphatic heterocycles. The van der Waals surface area contributed by atoms with Crippen LogP contribution in [0.1, 0.15) is 43.7 Å². The average molecular weight is 942 g/mol. The van der Waals surface area contributed by atoms with Crippen LogP contribution in [0.4, 0.5) is 4.79 Å². The van der Waals surface area contributed by atoms with Crippen LogP contribution < -0.4 is 60.2 Å². The number of nitrogens with one attached hydrogen (secondary N) is 8. The number of benzene rings is 2. The van der Waals surface area contributed by atoms with Gasteiger partial charge in [-0.15, -0.1) is 0 Å². The van der Waals surface area contributed by atoms with Crippen LogP contribution in [0.2, 0.25) is 0 Å². The number of fused-ring (bicyclic) bond motifs is 1. The second-order valence-electron chi connectivity index (χ2n) is 15.0. The van der Waals surface area contributed by atoms with E-state index in [1.54, 1.807) is 42.6 Å². The summed E-state index contributed by atoms with van der Waals surface area (Å²) >= 11 is 8.05. The number of hydrogen-bond acceptors (Lipinski definition) is 12. The van der Waals surface area contributed by atoms with Crippen molar-refractivity contribution in [3.63, 3.8) is 0 Å². The van der Waals surface area contributed by atoms with Crippen molar-refractivity contribution in [1.29, 1.82) is 0 Å². The topological polar surface area (TPSA) is 373 Å². The Kier molecular flexibility index (Phi) is 21.9. The summed E-state index contributed by atoms with van der Waals surface area (Å²) in [4.78, 5) is 112. The van der Waals surface area contributed by atoms with Gasteiger partial charge in [0, 0.05) is 54.5 Å². The first-order valence-corrected chi connectivity index (χ1v) is 21.9. The smallest absolute Gasteiger partial charge is 0.327 e. The standard InChI is InChI=1S/C41H59N13O9S2/c1-22(49-34(56)26(42)20-64)33(55)50-28(14-8-16-47-41(45)63)35(57)52-30(17-23-9-3-2-4-10-23)37(59)51-29(13-7-15-46-40(43)44)36(58)53-31(38(60)54-32(21-65)39(61)62)18-24-19-48-27-12-6-5-11-25(24)27/h2-6,9-12,19,22,26,28-32,48,64-65H,7-8,13-18,20-21,42H2,1H3,(H,49,56)(H,50,55)(H,51,59)(H,52,57)(H,53,58)(H,54,60)(H,61,62)(H4,43,44,46)(H3,45,47,63)/t22-,26+,28+,29+,30-,31+,32+/m1/s1. The molecule has 3 rings (SSSR count). The molecule has 0 aliphatic rings. The molecule has 24 heteroatoms. The van der Waals surface area contributed by atoms with Gasteiger partial charge in [0.1, 0.15) is 36.3 Å². The van der Waals surface area contributed by atoms with Gasteiger partial charge in [0.15, 0.2) is 5.96 Å². The molecule has 0 saturated carbocycles. The molecular formula is C41H59N13O9S2. The van der Waals surface area contributed by atoms with Gasteiger partial charge in [0.2, 0.25) is 35.4 Å². The molecular weight excluding hydrogens is 883 g/mol. The monoisotopic (exact) mass is 941 g/mol. The number of carboxylic acid groups (broad SMARTS) is 1. The van der Waals surface area contributed by atoms with E-state index in [9.17, 15) is 43.5 Å².